The van der Waals surface area contributed by atoms with Crippen molar-refractivity contribution in [2.75, 3.05) is 6.54 Å². The number of aromatic nitrogens is 2. The van der Waals surface area contributed by atoms with Crippen LogP contribution in [0.2, 0.25) is 0 Å². The van der Waals surface area contributed by atoms with Gasteiger partial charge in [-0.2, -0.15) is 13.5 Å². The molecular weight excluding hydrogens is 456 g/mol. The van der Waals surface area contributed by atoms with Crippen molar-refractivity contribution in [2.24, 2.45) is 0 Å². The Morgan fingerprint density at radius 1 is 0.970 bits per heavy atom. The average molecular weight is 481 g/mol. The molecule has 2 N–H and O–H groups in total. The fraction of sp³-hybridized carbons (Fsp3) is 0.208. The molecule has 0 aliphatic carbocycles. The highest BCUT2D eigenvalue weighted by Gasteiger charge is 2.28. The van der Waals surface area contributed by atoms with E-state index in [0.717, 1.165) is 28.4 Å². The van der Waals surface area contributed by atoms with Crippen molar-refractivity contribution in [2.45, 2.75) is 30.7 Å². The molecule has 1 aromatic heterocycles. The maximum absolute atomic E-state index is 13.2. The molecule has 0 fully saturated rings. The first-order chi connectivity index (χ1) is 15.9. The molecule has 0 spiro atoms. The molecular formula is C24H24N4O3S2. The fourth-order valence-corrected chi connectivity index (χ4v) is 5.57. The summed E-state index contributed by atoms with van der Waals surface area (Å²) in [5.74, 6) is -0.376. The SMILES string of the molecule is Cc1cccc(CCNC(=O)[C@H](Cc2ccccc2)NS(=O)(=O)c2cccc3nsnc23)c1. The topological polar surface area (TPSA) is 101 Å². The standard InChI is InChI=1S/C24H24N4O3S2/c1-17-7-5-10-19(15-17)13-14-25-24(29)21(16-18-8-3-2-4-9-18)28-33(30,31)22-12-6-11-20-23(22)27-32-26-20/h2-12,15,21,28H,13-14,16H2,1H3,(H,25,29)/t21-/m0/s1. The summed E-state index contributed by atoms with van der Waals surface area (Å²) in [6.07, 6.45) is 0.879. The van der Waals surface area contributed by atoms with Crippen LogP contribution >= 0.6 is 11.7 Å². The van der Waals surface area contributed by atoms with Crippen molar-refractivity contribution >= 4 is 38.7 Å². The molecule has 1 amide bonds. The number of benzene rings is 3. The van der Waals surface area contributed by atoms with Crippen LogP contribution in [0.25, 0.3) is 11.0 Å². The number of sulfonamides is 1. The highest BCUT2D eigenvalue weighted by Crippen LogP contribution is 2.21. The summed E-state index contributed by atoms with van der Waals surface area (Å²) in [4.78, 5) is 13.1. The van der Waals surface area contributed by atoms with Gasteiger partial charge in [-0.05, 0) is 43.0 Å². The van der Waals surface area contributed by atoms with Crippen molar-refractivity contribution in [1.29, 1.82) is 0 Å². The molecule has 0 unspecified atom stereocenters. The summed E-state index contributed by atoms with van der Waals surface area (Å²) >= 11 is 0.949. The van der Waals surface area contributed by atoms with E-state index in [1.54, 1.807) is 12.1 Å². The lowest BCUT2D eigenvalue weighted by Gasteiger charge is -2.19. The van der Waals surface area contributed by atoms with E-state index in [1.165, 1.54) is 6.07 Å². The third-order valence-electron chi connectivity index (χ3n) is 5.23. The molecule has 7 nitrogen and oxygen atoms in total. The van der Waals surface area contributed by atoms with Crippen LogP contribution in [0.15, 0.2) is 77.7 Å². The van der Waals surface area contributed by atoms with Crippen molar-refractivity contribution in [3.05, 3.63) is 89.5 Å². The van der Waals surface area contributed by atoms with Gasteiger partial charge in [0.25, 0.3) is 0 Å². The predicted molar refractivity (Wildman–Crippen MR) is 130 cm³/mol. The van der Waals surface area contributed by atoms with Crippen LogP contribution in [0.1, 0.15) is 16.7 Å². The van der Waals surface area contributed by atoms with Gasteiger partial charge in [0.05, 0.1) is 11.7 Å². The molecule has 1 heterocycles. The number of carbonyl (C=O) groups excluding carboxylic acids is 1. The number of amides is 1. The molecule has 0 bridgehead atoms. The summed E-state index contributed by atoms with van der Waals surface area (Å²) in [5.41, 5.74) is 3.92. The highest BCUT2D eigenvalue weighted by atomic mass is 32.2. The van der Waals surface area contributed by atoms with Crippen LogP contribution in [0, 0.1) is 6.92 Å². The zero-order chi connectivity index (χ0) is 23.3. The van der Waals surface area contributed by atoms with Crippen molar-refractivity contribution < 1.29 is 13.2 Å². The minimum atomic E-state index is -4.01. The summed E-state index contributed by atoms with van der Waals surface area (Å²) < 4.78 is 37.3. The number of hydrogen-bond acceptors (Lipinski definition) is 6. The number of hydrogen-bond donors (Lipinski definition) is 2. The largest absolute Gasteiger partial charge is 0.354 e. The molecule has 170 valence electrons. The van der Waals surface area contributed by atoms with E-state index < -0.39 is 16.1 Å². The zero-order valence-corrected chi connectivity index (χ0v) is 19.7. The van der Waals surface area contributed by atoms with Gasteiger partial charge in [0.1, 0.15) is 22.0 Å². The lowest BCUT2D eigenvalue weighted by Crippen LogP contribution is -2.48. The lowest BCUT2D eigenvalue weighted by molar-refractivity contribution is -0.122. The smallest absolute Gasteiger partial charge is 0.243 e. The molecule has 3 aromatic carbocycles. The quantitative estimate of drug-likeness (QED) is 0.383. The second-order valence-electron chi connectivity index (χ2n) is 7.78. The van der Waals surface area contributed by atoms with Crippen molar-refractivity contribution in [3.8, 4) is 0 Å². The first kappa shape index (κ1) is 23.0. The van der Waals surface area contributed by atoms with E-state index in [-0.39, 0.29) is 17.2 Å². The van der Waals surface area contributed by atoms with E-state index in [2.05, 4.69) is 24.9 Å². The molecule has 33 heavy (non-hydrogen) atoms. The molecule has 4 aromatic rings. The van der Waals surface area contributed by atoms with E-state index in [1.807, 2.05) is 55.5 Å². The maximum atomic E-state index is 13.2. The Kier molecular flexibility index (Phi) is 7.12. The average Bonchev–Trinajstić information content (AvgIpc) is 3.28. The van der Waals surface area contributed by atoms with Gasteiger partial charge >= 0.3 is 0 Å². The Bertz CT molecular complexity index is 1350. The monoisotopic (exact) mass is 480 g/mol. The fourth-order valence-electron chi connectivity index (χ4n) is 3.61. The molecule has 0 saturated heterocycles. The lowest BCUT2D eigenvalue weighted by atomic mass is 10.1. The Labute approximate surface area is 197 Å². The van der Waals surface area contributed by atoms with E-state index in [4.69, 9.17) is 0 Å². The van der Waals surface area contributed by atoms with E-state index >= 15 is 0 Å². The van der Waals surface area contributed by atoms with Crippen LogP contribution < -0.4 is 10.0 Å². The first-order valence-electron chi connectivity index (χ1n) is 10.5. The molecule has 0 aliphatic heterocycles. The highest BCUT2D eigenvalue weighted by molar-refractivity contribution is 7.89. The number of nitrogens with zero attached hydrogens (tertiary/aromatic N) is 2. The Balaban J connectivity index is 1.52. The van der Waals surface area contributed by atoms with Gasteiger partial charge in [-0.15, -0.1) is 0 Å². The second kappa shape index (κ2) is 10.2. The minimum Gasteiger partial charge on any atom is -0.354 e. The number of aryl methyl sites for hydroxylation is 1. The molecule has 0 aliphatic rings. The van der Waals surface area contributed by atoms with E-state index in [9.17, 15) is 13.2 Å². The van der Waals surface area contributed by atoms with Gasteiger partial charge in [-0.25, -0.2) is 8.42 Å². The van der Waals surface area contributed by atoms with Crippen LogP contribution in [0.5, 0.6) is 0 Å². The number of rotatable bonds is 9. The molecule has 0 saturated carbocycles. The normalized spacial score (nSPS) is 12.5. The summed E-state index contributed by atoms with van der Waals surface area (Å²) in [6, 6.07) is 21.2. The summed E-state index contributed by atoms with van der Waals surface area (Å²) in [5, 5.41) is 2.89. The summed E-state index contributed by atoms with van der Waals surface area (Å²) in [7, 11) is -4.01. The maximum Gasteiger partial charge on any atom is 0.243 e. The minimum absolute atomic E-state index is 0.0133. The van der Waals surface area contributed by atoms with Gasteiger partial charge in [-0.1, -0.05) is 66.2 Å². The Morgan fingerprint density at radius 2 is 1.73 bits per heavy atom. The number of nitrogens with one attached hydrogen (secondary N) is 2. The number of carbonyl (C=O) groups is 1. The van der Waals surface area contributed by atoms with Gasteiger partial charge < -0.3 is 5.32 Å². The van der Waals surface area contributed by atoms with Gasteiger partial charge in [0.15, 0.2) is 0 Å². The molecule has 1 atom stereocenters. The van der Waals surface area contributed by atoms with Crippen LogP contribution in [0.4, 0.5) is 0 Å². The molecule has 0 radical (unpaired) electrons. The van der Waals surface area contributed by atoms with Crippen LogP contribution in [-0.4, -0.2) is 35.7 Å². The van der Waals surface area contributed by atoms with E-state index in [0.29, 0.717) is 24.0 Å². The molecule has 9 heteroatoms. The third kappa shape index (κ3) is 5.81. The second-order valence-corrected chi connectivity index (χ2v) is 9.99. The third-order valence-corrected chi connectivity index (χ3v) is 7.28. The Hall–Kier alpha value is -3.14. The van der Waals surface area contributed by atoms with Crippen LogP contribution in [-0.2, 0) is 27.7 Å². The van der Waals surface area contributed by atoms with Crippen molar-refractivity contribution in [3.63, 3.8) is 0 Å². The van der Waals surface area contributed by atoms with Crippen molar-refractivity contribution in [1.82, 2.24) is 18.8 Å². The summed E-state index contributed by atoms with van der Waals surface area (Å²) in [6.45, 7) is 2.42. The van der Waals surface area contributed by atoms with Crippen LogP contribution in [0.3, 0.4) is 0 Å². The molecule has 4 rings (SSSR count). The number of fused-ring (bicyclic) bond motifs is 1. The van der Waals surface area contributed by atoms with Gasteiger partial charge in [0, 0.05) is 6.54 Å². The van der Waals surface area contributed by atoms with Gasteiger partial charge in [0.2, 0.25) is 15.9 Å². The zero-order valence-electron chi connectivity index (χ0n) is 18.1. The predicted octanol–water partition coefficient (Wildman–Crippen LogP) is 3.25. The Morgan fingerprint density at radius 3 is 2.52 bits per heavy atom. The van der Waals surface area contributed by atoms with Gasteiger partial charge in [-0.3, -0.25) is 4.79 Å². The first-order valence-corrected chi connectivity index (χ1v) is 12.7.